The van der Waals surface area contributed by atoms with E-state index in [1.165, 1.54) is 21.0 Å². The second-order valence-electron chi connectivity index (χ2n) is 9.25. The number of amides is 1. The Labute approximate surface area is 227 Å². The molecule has 0 radical (unpaired) electrons. The van der Waals surface area contributed by atoms with Crippen molar-refractivity contribution in [2.24, 2.45) is 5.73 Å². The van der Waals surface area contributed by atoms with Crippen LogP contribution in [0.3, 0.4) is 0 Å². The van der Waals surface area contributed by atoms with Gasteiger partial charge in [0.05, 0.1) is 7.11 Å². The predicted octanol–water partition coefficient (Wildman–Crippen LogP) is 3.70. The van der Waals surface area contributed by atoms with E-state index in [1.54, 1.807) is 42.5 Å². The molecule has 0 bridgehead atoms. The van der Waals surface area contributed by atoms with Gasteiger partial charge in [0.15, 0.2) is 11.5 Å². The lowest BCUT2D eigenvalue weighted by Crippen LogP contribution is -2.53. The number of anilines is 1. The molecule has 3 rings (SSSR count). The molecule has 0 saturated carbocycles. The van der Waals surface area contributed by atoms with E-state index in [0.29, 0.717) is 34.9 Å². The Hall–Kier alpha value is -4.86. The summed E-state index contributed by atoms with van der Waals surface area (Å²) in [7, 11) is 1.50. The van der Waals surface area contributed by atoms with Crippen molar-refractivity contribution in [1.29, 1.82) is 5.41 Å². The molecule has 0 saturated heterocycles. The summed E-state index contributed by atoms with van der Waals surface area (Å²) in [6.45, 7) is 4.32. The largest absolute Gasteiger partial charge is 0.493 e. The topological polar surface area (TPSA) is 153 Å². The number of nitrogen functional groups attached to an aromatic ring is 1. The van der Waals surface area contributed by atoms with Crippen LogP contribution in [0.5, 0.6) is 11.5 Å². The molecular formula is C29H32N4O6. The molecule has 0 heterocycles. The van der Waals surface area contributed by atoms with Crippen LogP contribution >= 0.6 is 0 Å². The van der Waals surface area contributed by atoms with Gasteiger partial charge in [0.1, 0.15) is 24.0 Å². The molecule has 0 aliphatic heterocycles. The second-order valence-corrected chi connectivity index (χ2v) is 9.25. The molecule has 3 aromatic rings. The van der Waals surface area contributed by atoms with Crippen molar-refractivity contribution < 1.29 is 28.6 Å². The van der Waals surface area contributed by atoms with Crippen LogP contribution in [0.25, 0.3) is 0 Å². The Kier molecular flexibility index (Phi) is 9.27. The van der Waals surface area contributed by atoms with Crippen molar-refractivity contribution in [2.75, 3.05) is 12.4 Å². The van der Waals surface area contributed by atoms with Gasteiger partial charge in [-0.3, -0.25) is 15.0 Å². The molecule has 10 heteroatoms. The van der Waals surface area contributed by atoms with Gasteiger partial charge in [-0.25, -0.2) is 4.79 Å². The summed E-state index contributed by atoms with van der Waals surface area (Å²) in [5.74, 6) is -1.42. The number of hydrogen-bond acceptors (Lipinski definition) is 8. The summed E-state index contributed by atoms with van der Waals surface area (Å²) in [6, 6.07) is 20.4. The fourth-order valence-electron chi connectivity index (χ4n) is 3.62. The molecule has 1 amide bonds. The van der Waals surface area contributed by atoms with Crippen LogP contribution in [0.4, 0.5) is 5.69 Å². The summed E-state index contributed by atoms with van der Waals surface area (Å²) in [6.07, 6.45) is 0. The van der Waals surface area contributed by atoms with Gasteiger partial charge in [-0.1, -0.05) is 36.4 Å². The summed E-state index contributed by atoms with van der Waals surface area (Å²) in [4.78, 5) is 37.2. The number of nitrogens with two attached hydrogens (primary N) is 1. The Morgan fingerprint density at radius 2 is 1.64 bits per heavy atom. The van der Waals surface area contributed by atoms with Crippen LogP contribution in [0, 0.1) is 5.41 Å². The number of amidine groups is 1. The van der Waals surface area contributed by atoms with Gasteiger partial charge in [-0.05, 0) is 61.4 Å². The van der Waals surface area contributed by atoms with Crippen LogP contribution in [-0.2, 0) is 25.7 Å². The maximum Gasteiger partial charge on any atom is 0.338 e. The third-order valence-corrected chi connectivity index (χ3v) is 5.71. The number of carbonyl (C=O) groups is 3. The number of benzene rings is 3. The highest BCUT2D eigenvalue weighted by atomic mass is 16.6. The lowest BCUT2D eigenvalue weighted by Gasteiger charge is -2.28. The quantitative estimate of drug-likeness (QED) is 0.126. The molecule has 1 unspecified atom stereocenters. The van der Waals surface area contributed by atoms with Crippen molar-refractivity contribution in [1.82, 2.24) is 5.32 Å². The zero-order valence-corrected chi connectivity index (χ0v) is 22.2. The minimum absolute atomic E-state index is 0.0857. The zero-order chi connectivity index (χ0) is 28.6. The standard InChI is InChI=1S/C29H32N4O6/c1-18(34)39-28(36)29(2,3)33-27(35)25(32-22-13-10-20(11-14-22)26(30)31)21-12-15-23(24(16-21)37-4)38-17-19-8-6-5-7-9-19/h5-16,25,32H,17H2,1-4H3,(H3,30,31)(H,33,35). The Balaban J connectivity index is 1.91. The normalized spacial score (nSPS) is 11.6. The fraction of sp³-hybridized carbons (Fsp3) is 0.241. The Morgan fingerprint density at radius 1 is 0.974 bits per heavy atom. The third kappa shape index (κ3) is 7.81. The average Bonchev–Trinajstić information content (AvgIpc) is 2.90. The number of rotatable bonds is 11. The van der Waals surface area contributed by atoms with Crippen molar-refractivity contribution >= 4 is 29.4 Å². The Bertz CT molecular complexity index is 1340. The van der Waals surface area contributed by atoms with Crippen molar-refractivity contribution in [3.8, 4) is 11.5 Å². The first-order valence-corrected chi connectivity index (χ1v) is 12.1. The van der Waals surface area contributed by atoms with E-state index >= 15 is 0 Å². The van der Waals surface area contributed by atoms with Gasteiger partial charge in [0.2, 0.25) is 5.91 Å². The number of methoxy groups -OCH3 is 1. The van der Waals surface area contributed by atoms with E-state index < -0.39 is 29.4 Å². The molecule has 5 N–H and O–H groups in total. The highest BCUT2D eigenvalue weighted by molar-refractivity contribution is 5.96. The average molecular weight is 533 g/mol. The first-order chi connectivity index (χ1) is 18.5. The molecule has 1 atom stereocenters. The second kappa shape index (κ2) is 12.6. The van der Waals surface area contributed by atoms with Crippen LogP contribution in [-0.4, -0.2) is 36.3 Å². The first-order valence-electron chi connectivity index (χ1n) is 12.1. The highest BCUT2D eigenvalue weighted by Crippen LogP contribution is 2.32. The van der Waals surface area contributed by atoms with E-state index in [9.17, 15) is 14.4 Å². The number of hydrogen-bond donors (Lipinski definition) is 4. The fourth-order valence-corrected chi connectivity index (χ4v) is 3.62. The predicted molar refractivity (Wildman–Crippen MR) is 147 cm³/mol. The zero-order valence-electron chi connectivity index (χ0n) is 22.2. The minimum atomic E-state index is -1.50. The molecule has 3 aromatic carbocycles. The van der Waals surface area contributed by atoms with E-state index in [-0.39, 0.29) is 5.84 Å². The monoisotopic (exact) mass is 532 g/mol. The van der Waals surface area contributed by atoms with Crippen molar-refractivity contribution in [3.63, 3.8) is 0 Å². The van der Waals surface area contributed by atoms with E-state index in [4.69, 9.17) is 20.6 Å². The molecule has 0 aromatic heterocycles. The summed E-state index contributed by atoms with van der Waals surface area (Å²) < 4.78 is 16.2. The number of esters is 2. The van der Waals surface area contributed by atoms with Gasteiger partial charge in [0.25, 0.3) is 0 Å². The lowest BCUT2D eigenvalue weighted by atomic mass is 10.0. The van der Waals surface area contributed by atoms with Crippen LogP contribution in [0.2, 0.25) is 0 Å². The number of carbonyl (C=O) groups excluding carboxylic acids is 3. The van der Waals surface area contributed by atoms with Gasteiger partial charge < -0.3 is 30.6 Å². The smallest absolute Gasteiger partial charge is 0.338 e. The summed E-state index contributed by atoms with van der Waals surface area (Å²) >= 11 is 0. The molecule has 10 nitrogen and oxygen atoms in total. The van der Waals surface area contributed by atoms with Crippen LogP contribution < -0.4 is 25.8 Å². The van der Waals surface area contributed by atoms with E-state index in [0.717, 1.165) is 12.5 Å². The highest BCUT2D eigenvalue weighted by Gasteiger charge is 2.35. The van der Waals surface area contributed by atoms with Gasteiger partial charge >= 0.3 is 11.9 Å². The lowest BCUT2D eigenvalue weighted by molar-refractivity contribution is -0.163. The third-order valence-electron chi connectivity index (χ3n) is 5.71. The Morgan fingerprint density at radius 3 is 2.23 bits per heavy atom. The van der Waals surface area contributed by atoms with Crippen molar-refractivity contribution in [2.45, 2.75) is 39.0 Å². The van der Waals surface area contributed by atoms with Crippen molar-refractivity contribution in [3.05, 3.63) is 89.5 Å². The van der Waals surface area contributed by atoms with E-state index in [1.807, 2.05) is 30.3 Å². The van der Waals surface area contributed by atoms with Gasteiger partial charge in [-0.15, -0.1) is 0 Å². The van der Waals surface area contributed by atoms with E-state index in [2.05, 4.69) is 15.4 Å². The molecule has 0 aliphatic carbocycles. The number of ether oxygens (including phenoxy) is 3. The summed E-state index contributed by atoms with van der Waals surface area (Å²) in [5, 5.41) is 13.4. The molecule has 0 fully saturated rings. The molecular weight excluding hydrogens is 500 g/mol. The molecule has 204 valence electrons. The maximum absolute atomic E-state index is 13.5. The van der Waals surface area contributed by atoms with Gasteiger partial charge in [-0.2, -0.15) is 0 Å². The SMILES string of the molecule is COc1cc(C(Nc2ccc(C(=N)N)cc2)C(=O)NC(C)(C)C(=O)OC(C)=O)ccc1OCc1ccccc1. The van der Waals surface area contributed by atoms with Crippen LogP contribution in [0.15, 0.2) is 72.8 Å². The minimum Gasteiger partial charge on any atom is -0.493 e. The maximum atomic E-state index is 13.5. The number of nitrogens with one attached hydrogen (secondary N) is 3. The molecule has 0 spiro atoms. The first kappa shape index (κ1) is 28.7. The summed E-state index contributed by atoms with van der Waals surface area (Å²) in [5.41, 5.74) is 6.64. The molecule has 0 aliphatic rings. The van der Waals surface area contributed by atoms with Crippen LogP contribution in [0.1, 0.15) is 43.5 Å². The van der Waals surface area contributed by atoms with Gasteiger partial charge in [0, 0.05) is 18.2 Å². The molecule has 39 heavy (non-hydrogen) atoms.